The first-order chi connectivity index (χ1) is 10.7. The molecule has 1 aliphatic rings. The van der Waals surface area contributed by atoms with Crippen molar-refractivity contribution in [2.45, 2.75) is 25.3 Å². The molecule has 0 spiro atoms. The fourth-order valence-corrected chi connectivity index (χ4v) is 2.72. The Kier molecular flexibility index (Phi) is 4.15. The zero-order chi connectivity index (χ0) is 15.5. The summed E-state index contributed by atoms with van der Waals surface area (Å²) in [5.41, 5.74) is 6.64. The molecule has 1 unspecified atom stereocenters. The molecule has 1 aromatic carbocycles. The zero-order valence-corrected chi connectivity index (χ0v) is 12.2. The van der Waals surface area contributed by atoms with Crippen LogP contribution >= 0.6 is 0 Å². The van der Waals surface area contributed by atoms with Crippen molar-refractivity contribution in [3.63, 3.8) is 0 Å². The molecule has 6 nitrogen and oxygen atoms in total. The third kappa shape index (κ3) is 2.85. The van der Waals surface area contributed by atoms with Crippen LogP contribution in [-0.2, 0) is 0 Å². The molecule has 2 aromatic rings. The van der Waals surface area contributed by atoms with Gasteiger partial charge in [0.25, 0.3) is 5.91 Å². The average Bonchev–Trinajstić information content (AvgIpc) is 3.05. The van der Waals surface area contributed by atoms with Crippen LogP contribution in [0.4, 0.5) is 4.39 Å². The molecule has 1 fully saturated rings. The first-order valence-corrected chi connectivity index (χ1v) is 7.38. The Balaban J connectivity index is 1.80. The highest BCUT2D eigenvalue weighted by atomic mass is 19.1. The summed E-state index contributed by atoms with van der Waals surface area (Å²) in [6.45, 7) is 1.15. The molecule has 2 heterocycles. The van der Waals surface area contributed by atoms with E-state index in [0.29, 0.717) is 18.8 Å². The number of hydrogen-bond acceptors (Lipinski definition) is 4. The molecule has 0 radical (unpaired) electrons. The van der Waals surface area contributed by atoms with Crippen LogP contribution in [0.2, 0.25) is 0 Å². The van der Waals surface area contributed by atoms with Crippen molar-refractivity contribution >= 4 is 5.91 Å². The molecular weight excluding hydrogens is 285 g/mol. The lowest BCUT2D eigenvalue weighted by Gasteiger charge is -2.34. The fraction of sp³-hybridized carbons (Fsp3) is 0.400. The van der Waals surface area contributed by atoms with Crippen LogP contribution in [-0.4, -0.2) is 44.9 Å². The molecule has 116 valence electrons. The Bertz CT molecular complexity index is 654. The van der Waals surface area contributed by atoms with Crippen molar-refractivity contribution in [1.29, 1.82) is 0 Å². The van der Waals surface area contributed by atoms with Gasteiger partial charge in [0.1, 0.15) is 5.82 Å². The van der Waals surface area contributed by atoms with E-state index in [1.807, 2.05) is 0 Å². The van der Waals surface area contributed by atoms with E-state index in [1.54, 1.807) is 17.0 Å². The van der Waals surface area contributed by atoms with E-state index in [-0.39, 0.29) is 23.5 Å². The van der Waals surface area contributed by atoms with Crippen molar-refractivity contribution in [1.82, 2.24) is 19.9 Å². The number of hydrogen-bond donors (Lipinski definition) is 1. The number of piperidine rings is 1. The molecule has 2 N–H and O–H groups in total. The van der Waals surface area contributed by atoms with Gasteiger partial charge in [-0.2, -0.15) is 9.90 Å². The summed E-state index contributed by atoms with van der Waals surface area (Å²) in [6.07, 6.45) is 4.43. The quantitative estimate of drug-likeness (QED) is 0.929. The van der Waals surface area contributed by atoms with Gasteiger partial charge in [0.2, 0.25) is 0 Å². The van der Waals surface area contributed by atoms with Crippen molar-refractivity contribution < 1.29 is 9.18 Å². The minimum atomic E-state index is -0.327. The molecule has 1 aromatic heterocycles. The van der Waals surface area contributed by atoms with E-state index in [0.717, 1.165) is 19.3 Å². The first-order valence-electron chi connectivity index (χ1n) is 7.38. The van der Waals surface area contributed by atoms with E-state index < -0.39 is 0 Å². The first kappa shape index (κ1) is 14.6. The van der Waals surface area contributed by atoms with Gasteiger partial charge in [-0.25, -0.2) is 4.39 Å². The highest BCUT2D eigenvalue weighted by Crippen LogP contribution is 2.18. The molecule has 7 heteroatoms. The molecule has 3 rings (SSSR count). The number of carbonyl (C=O) groups excluding carboxylic acids is 1. The number of likely N-dealkylation sites (tertiary alicyclic amines) is 1. The summed E-state index contributed by atoms with van der Waals surface area (Å²) < 4.78 is 12.9. The van der Waals surface area contributed by atoms with Crippen LogP contribution in [0.25, 0.3) is 5.69 Å². The molecule has 0 saturated carbocycles. The number of nitrogens with two attached hydrogens (primary N) is 1. The van der Waals surface area contributed by atoms with Gasteiger partial charge >= 0.3 is 0 Å². The number of rotatable bonds is 3. The number of benzene rings is 1. The second-order valence-corrected chi connectivity index (χ2v) is 5.38. The predicted octanol–water partition coefficient (Wildman–Crippen LogP) is 1.36. The van der Waals surface area contributed by atoms with E-state index >= 15 is 0 Å². The normalized spacial score (nSPS) is 18.5. The smallest absolute Gasteiger partial charge is 0.276 e. The SMILES string of the molecule is NCC1CCCCN1C(=O)c1cnn(-c2ccc(F)cc2)n1. The van der Waals surface area contributed by atoms with Gasteiger partial charge in [0, 0.05) is 19.1 Å². The lowest BCUT2D eigenvalue weighted by atomic mass is 10.0. The Morgan fingerprint density at radius 1 is 1.32 bits per heavy atom. The van der Waals surface area contributed by atoms with Crippen molar-refractivity contribution in [3.8, 4) is 5.69 Å². The predicted molar refractivity (Wildman–Crippen MR) is 79.0 cm³/mol. The van der Waals surface area contributed by atoms with Crippen molar-refractivity contribution in [2.24, 2.45) is 5.73 Å². The number of amides is 1. The fourth-order valence-electron chi connectivity index (χ4n) is 2.72. The zero-order valence-electron chi connectivity index (χ0n) is 12.2. The second-order valence-electron chi connectivity index (χ2n) is 5.38. The van der Waals surface area contributed by atoms with Gasteiger partial charge in [-0.1, -0.05) is 0 Å². The van der Waals surface area contributed by atoms with E-state index in [1.165, 1.54) is 23.1 Å². The third-order valence-electron chi connectivity index (χ3n) is 3.93. The number of nitrogens with zero attached hydrogens (tertiary/aromatic N) is 4. The van der Waals surface area contributed by atoms with Crippen LogP contribution in [0.15, 0.2) is 30.5 Å². The van der Waals surface area contributed by atoms with Crippen LogP contribution in [0, 0.1) is 5.82 Å². The Morgan fingerprint density at radius 2 is 2.09 bits per heavy atom. The van der Waals surface area contributed by atoms with Gasteiger partial charge in [-0.3, -0.25) is 4.79 Å². The molecule has 0 bridgehead atoms. The van der Waals surface area contributed by atoms with Crippen molar-refractivity contribution in [3.05, 3.63) is 42.0 Å². The number of aromatic nitrogens is 3. The lowest BCUT2D eigenvalue weighted by molar-refractivity contribution is 0.0617. The van der Waals surface area contributed by atoms with E-state index in [2.05, 4.69) is 10.2 Å². The lowest BCUT2D eigenvalue weighted by Crippen LogP contribution is -2.47. The van der Waals surface area contributed by atoms with Gasteiger partial charge in [0.15, 0.2) is 5.69 Å². The third-order valence-corrected chi connectivity index (χ3v) is 3.93. The Morgan fingerprint density at radius 3 is 2.82 bits per heavy atom. The van der Waals surface area contributed by atoms with Gasteiger partial charge in [-0.05, 0) is 43.5 Å². The largest absolute Gasteiger partial charge is 0.333 e. The van der Waals surface area contributed by atoms with Crippen LogP contribution in [0.1, 0.15) is 29.8 Å². The van der Waals surface area contributed by atoms with Crippen LogP contribution in [0.5, 0.6) is 0 Å². The molecule has 22 heavy (non-hydrogen) atoms. The summed E-state index contributed by atoms with van der Waals surface area (Å²) in [5.74, 6) is -0.477. The van der Waals surface area contributed by atoms with Gasteiger partial charge < -0.3 is 10.6 Å². The van der Waals surface area contributed by atoms with Gasteiger partial charge in [-0.15, -0.1) is 5.10 Å². The molecular formula is C15H18FN5O. The monoisotopic (exact) mass is 303 g/mol. The summed E-state index contributed by atoms with van der Waals surface area (Å²) in [6, 6.07) is 5.85. The maximum Gasteiger partial charge on any atom is 0.276 e. The maximum absolute atomic E-state index is 12.9. The summed E-state index contributed by atoms with van der Waals surface area (Å²) in [7, 11) is 0. The average molecular weight is 303 g/mol. The topological polar surface area (TPSA) is 77.0 Å². The van der Waals surface area contributed by atoms with Crippen molar-refractivity contribution in [2.75, 3.05) is 13.1 Å². The molecule has 1 atom stereocenters. The molecule has 1 amide bonds. The van der Waals surface area contributed by atoms with Gasteiger partial charge in [0.05, 0.1) is 11.9 Å². The maximum atomic E-state index is 12.9. The second kappa shape index (κ2) is 6.23. The standard InChI is InChI=1S/C15H18FN5O/c16-11-4-6-12(7-5-11)21-18-10-14(19-21)15(22)20-8-2-1-3-13(20)9-17/h4-7,10,13H,1-3,8-9,17H2. The van der Waals surface area contributed by atoms with Crippen LogP contribution in [0.3, 0.4) is 0 Å². The summed E-state index contributed by atoms with van der Waals surface area (Å²) in [5, 5.41) is 8.29. The minimum Gasteiger partial charge on any atom is -0.333 e. The Labute approximate surface area is 127 Å². The van der Waals surface area contributed by atoms with Crippen LogP contribution < -0.4 is 5.73 Å². The highest BCUT2D eigenvalue weighted by Gasteiger charge is 2.28. The van der Waals surface area contributed by atoms with E-state index in [9.17, 15) is 9.18 Å². The minimum absolute atomic E-state index is 0.0669. The molecule has 1 aliphatic heterocycles. The summed E-state index contributed by atoms with van der Waals surface area (Å²) in [4.78, 5) is 15.7. The molecule has 1 saturated heterocycles. The highest BCUT2D eigenvalue weighted by molar-refractivity contribution is 5.92. The Hall–Kier alpha value is -2.28. The number of halogens is 1. The molecule has 0 aliphatic carbocycles. The summed E-state index contributed by atoms with van der Waals surface area (Å²) >= 11 is 0. The van der Waals surface area contributed by atoms with E-state index in [4.69, 9.17) is 5.73 Å². The number of carbonyl (C=O) groups is 1.